The Morgan fingerprint density at radius 2 is 2.00 bits per heavy atom. The zero-order chi connectivity index (χ0) is 16.5. The molecule has 2 rings (SSSR count). The van der Waals surface area contributed by atoms with Gasteiger partial charge < -0.3 is 15.2 Å². The second-order valence-electron chi connectivity index (χ2n) is 5.06. The molecule has 0 bridgehead atoms. The summed E-state index contributed by atoms with van der Waals surface area (Å²) in [6, 6.07) is 14.8. The third-order valence-electron chi connectivity index (χ3n) is 3.11. The van der Waals surface area contributed by atoms with Gasteiger partial charge in [0.1, 0.15) is 12.4 Å². The summed E-state index contributed by atoms with van der Waals surface area (Å²) < 4.78 is 5.09. The molecule has 2 aromatic carbocycles. The average molecular weight is 309 g/mol. The highest BCUT2D eigenvalue weighted by molar-refractivity contribution is 5.67. The van der Waals surface area contributed by atoms with Crippen LogP contribution in [0.3, 0.4) is 0 Å². The van der Waals surface area contributed by atoms with Gasteiger partial charge in [0, 0.05) is 13.0 Å². The summed E-state index contributed by atoms with van der Waals surface area (Å²) in [6.45, 7) is 2.55. The number of benzene rings is 2. The number of amides is 1. The second kappa shape index (κ2) is 8.50. The molecule has 0 atom stereocenters. The summed E-state index contributed by atoms with van der Waals surface area (Å²) in [4.78, 5) is 11.5. The van der Waals surface area contributed by atoms with Gasteiger partial charge in [-0.15, -0.1) is 0 Å². The van der Waals surface area contributed by atoms with E-state index in [1.54, 1.807) is 12.1 Å². The summed E-state index contributed by atoms with van der Waals surface area (Å²) in [6.07, 6.45) is 0.0159. The molecular weight excluding hydrogens is 290 g/mol. The van der Waals surface area contributed by atoms with Crippen LogP contribution < -0.4 is 5.32 Å². The molecular formula is C19H19NO3. The van der Waals surface area contributed by atoms with Crippen LogP contribution in [0.15, 0.2) is 48.5 Å². The highest BCUT2D eigenvalue weighted by atomic mass is 16.5. The van der Waals surface area contributed by atoms with Crippen LogP contribution in [-0.2, 0) is 11.3 Å². The fourth-order valence-corrected chi connectivity index (χ4v) is 1.91. The molecule has 0 saturated heterocycles. The molecule has 0 aromatic heterocycles. The summed E-state index contributed by atoms with van der Waals surface area (Å²) in [7, 11) is 0. The molecule has 0 fully saturated rings. The number of phenols is 1. The molecule has 4 heteroatoms. The molecule has 0 heterocycles. The lowest BCUT2D eigenvalue weighted by Crippen LogP contribution is -2.24. The van der Waals surface area contributed by atoms with Gasteiger partial charge in [-0.05, 0) is 30.2 Å². The minimum absolute atomic E-state index is 0.174. The Bertz CT molecular complexity index is 714. The number of ether oxygens (including phenoxy) is 1. The van der Waals surface area contributed by atoms with Gasteiger partial charge in [-0.2, -0.15) is 0 Å². The van der Waals surface area contributed by atoms with Crippen LogP contribution in [0.25, 0.3) is 0 Å². The normalized spacial score (nSPS) is 9.61. The Balaban J connectivity index is 1.69. The maximum atomic E-state index is 11.5. The van der Waals surface area contributed by atoms with E-state index in [-0.39, 0.29) is 12.4 Å². The first-order valence-corrected chi connectivity index (χ1v) is 7.38. The molecule has 118 valence electrons. The molecule has 0 aliphatic rings. The number of hydrogen-bond acceptors (Lipinski definition) is 3. The van der Waals surface area contributed by atoms with Crippen LogP contribution in [0.2, 0.25) is 0 Å². The van der Waals surface area contributed by atoms with Gasteiger partial charge in [0.2, 0.25) is 0 Å². The van der Waals surface area contributed by atoms with Gasteiger partial charge in [-0.3, -0.25) is 0 Å². The summed E-state index contributed by atoms with van der Waals surface area (Å²) >= 11 is 0. The fourth-order valence-electron chi connectivity index (χ4n) is 1.91. The molecule has 4 nitrogen and oxygen atoms in total. The van der Waals surface area contributed by atoms with E-state index >= 15 is 0 Å². The Morgan fingerprint density at radius 3 is 2.74 bits per heavy atom. The molecule has 0 aliphatic heterocycles. The molecule has 2 aromatic rings. The molecule has 1 amide bonds. The lowest BCUT2D eigenvalue weighted by molar-refractivity contribution is 0.140. The van der Waals surface area contributed by atoms with Crippen molar-refractivity contribution < 1.29 is 14.6 Å². The van der Waals surface area contributed by atoms with Crippen LogP contribution in [0.5, 0.6) is 5.75 Å². The maximum absolute atomic E-state index is 11.5. The van der Waals surface area contributed by atoms with Gasteiger partial charge >= 0.3 is 6.09 Å². The van der Waals surface area contributed by atoms with Crippen LogP contribution in [0.4, 0.5) is 4.79 Å². The third-order valence-corrected chi connectivity index (χ3v) is 3.11. The molecule has 0 saturated carbocycles. The number of carbonyl (C=O) groups excluding carboxylic acids is 1. The van der Waals surface area contributed by atoms with Crippen molar-refractivity contribution in [2.24, 2.45) is 0 Å². The number of alkyl carbamates (subject to hydrolysis) is 1. The number of aromatic hydroxyl groups is 1. The summed E-state index contributed by atoms with van der Waals surface area (Å²) in [5.74, 6) is 5.96. The Labute approximate surface area is 136 Å². The van der Waals surface area contributed by atoms with Crippen molar-refractivity contribution in [1.82, 2.24) is 5.32 Å². The number of nitrogens with one attached hydrogen (secondary N) is 1. The quantitative estimate of drug-likeness (QED) is 0.672. The standard InChI is InChI=1S/C19H19NO3/c1-15-10-11-17(18(21)13-15)9-5-6-12-20-19(22)23-14-16-7-3-2-4-8-16/h2-4,7-8,10-11,13,21H,6,12,14H2,1H3,(H,20,22). The van der Waals surface area contributed by atoms with Crippen molar-refractivity contribution >= 4 is 6.09 Å². The Kier molecular flexibility index (Phi) is 6.07. The predicted molar refractivity (Wildman–Crippen MR) is 89.0 cm³/mol. The lowest BCUT2D eigenvalue weighted by atomic mass is 10.1. The van der Waals surface area contributed by atoms with Crippen LogP contribution in [-0.4, -0.2) is 17.7 Å². The zero-order valence-electron chi connectivity index (χ0n) is 13.0. The summed E-state index contributed by atoms with van der Waals surface area (Å²) in [5.41, 5.74) is 2.51. The summed E-state index contributed by atoms with van der Waals surface area (Å²) in [5, 5.41) is 12.4. The minimum Gasteiger partial charge on any atom is -0.507 e. The van der Waals surface area contributed by atoms with Crippen molar-refractivity contribution in [2.45, 2.75) is 20.0 Å². The SMILES string of the molecule is Cc1ccc(C#CCCNC(=O)OCc2ccccc2)c(O)c1. The molecule has 0 unspecified atom stereocenters. The molecule has 23 heavy (non-hydrogen) atoms. The molecule has 2 N–H and O–H groups in total. The van der Waals surface area contributed by atoms with Crippen molar-refractivity contribution in [3.05, 3.63) is 65.2 Å². The van der Waals surface area contributed by atoms with E-state index in [9.17, 15) is 9.90 Å². The zero-order valence-corrected chi connectivity index (χ0v) is 13.0. The third kappa shape index (κ3) is 5.76. The van der Waals surface area contributed by atoms with Crippen molar-refractivity contribution in [2.75, 3.05) is 6.54 Å². The number of hydrogen-bond donors (Lipinski definition) is 2. The van der Waals surface area contributed by atoms with Gasteiger partial charge in [0.25, 0.3) is 0 Å². The first-order chi connectivity index (χ1) is 11.1. The fraction of sp³-hybridized carbons (Fsp3) is 0.211. The number of rotatable bonds is 4. The number of carbonyl (C=O) groups is 1. The van der Waals surface area contributed by atoms with Crippen LogP contribution >= 0.6 is 0 Å². The second-order valence-corrected chi connectivity index (χ2v) is 5.06. The Morgan fingerprint density at radius 1 is 1.22 bits per heavy atom. The Hall–Kier alpha value is -2.93. The number of phenolic OH excluding ortho intramolecular Hbond substituents is 1. The largest absolute Gasteiger partial charge is 0.507 e. The van der Waals surface area contributed by atoms with E-state index < -0.39 is 6.09 Å². The lowest BCUT2D eigenvalue weighted by Gasteiger charge is -2.05. The van der Waals surface area contributed by atoms with Crippen molar-refractivity contribution in [1.29, 1.82) is 0 Å². The first kappa shape index (κ1) is 16.4. The van der Waals surface area contributed by atoms with Gasteiger partial charge in [0.05, 0.1) is 5.56 Å². The van der Waals surface area contributed by atoms with Gasteiger partial charge in [-0.1, -0.05) is 48.2 Å². The van der Waals surface area contributed by atoms with Gasteiger partial charge in [0.15, 0.2) is 0 Å². The topological polar surface area (TPSA) is 58.6 Å². The smallest absolute Gasteiger partial charge is 0.407 e. The van der Waals surface area contributed by atoms with Crippen molar-refractivity contribution in [3.63, 3.8) is 0 Å². The molecule has 0 aliphatic carbocycles. The predicted octanol–water partition coefficient (Wildman–Crippen LogP) is 3.37. The monoisotopic (exact) mass is 309 g/mol. The van der Waals surface area contributed by atoms with Crippen molar-refractivity contribution in [3.8, 4) is 17.6 Å². The average Bonchev–Trinajstić information content (AvgIpc) is 2.55. The first-order valence-electron chi connectivity index (χ1n) is 7.38. The van der Waals surface area contributed by atoms with Crippen LogP contribution in [0, 0.1) is 18.8 Å². The van der Waals surface area contributed by atoms with E-state index in [0.29, 0.717) is 18.5 Å². The number of aryl methyl sites for hydroxylation is 1. The van der Waals surface area contributed by atoms with E-state index in [2.05, 4.69) is 17.2 Å². The minimum atomic E-state index is -0.464. The van der Waals surface area contributed by atoms with E-state index in [1.807, 2.05) is 43.3 Å². The molecule has 0 radical (unpaired) electrons. The van der Waals surface area contributed by atoms with Crippen LogP contribution in [0.1, 0.15) is 23.1 Å². The van der Waals surface area contributed by atoms with E-state index in [0.717, 1.165) is 11.1 Å². The van der Waals surface area contributed by atoms with E-state index in [1.165, 1.54) is 0 Å². The van der Waals surface area contributed by atoms with Gasteiger partial charge in [-0.25, -0.2) is 4.79 Å². The maximum Gasteiger partial charge on any atom is 0.407 e. The van der Waals surface area contributed by atoms with E-state index in [4.69, 9.17) is 4.74 Å². The highest BCUT2D eigenvalue weighted by Gasteiger charge is 2.01. The highest BCUT2D eigenvalue weighted by Crippen LogP contribution is 2.16. The molecule has 0 spiro atoms.